The van der Waals surface area contributed by atoms with Crippen molar-refractivity contribution in [3.05, 3.63) is 70.6 Å². The molecule has 0 aliphatic heterocycles. The zero-order chi connectivity index (χ0) is 13.9. The van der Waals surface area contributed by atoms with Gasteiger partial charge in [0.05, 0.1) is 5.69 Å². The first-order valence-electron chi connectivity index (χ1n) is 6.14. The third-order valence-corrected chi connectivity index (χ3v) is 3.30. The first kappa shape index (κ1) is 12.7. The molecule has 0 saturated heterocycles. The summed E-state index contributed by atoms with van der Waals surface area (Å²) in [6.07, 6.45) is 1.69. The molecule has 0 unspecified atom stereocenters. The SMILES string of the molecule is Fc1ccc(N=Cc2cc3ccccc3[nH]c2=S)cc1. The lowest BCUT2D eigenvalue weighted by Crippen LogP contribution is -1.88. The molecule has 4 heteroatoms. The normalized spacial score (nSPS) is 11.2. The molecule has 0 spiro atoms. The van der Waals surface area contributed by atoms with Crippen LogP contribution in [0.4, 0.5) is 10.1 Å². The molecule has 0 saturated carbocycles. The highest BCUT2D eigenvalue weighted by molar-refractivity contribution is 7.71. The van der Waals surface area contributed by atoms with Crippen molar-refractivity contribution in [1.82, 2.24) is 4.98 Å². The minimum absolute atomic E-state index is 0.271. The molecule has 0 aliphatic carbocycles. The molecule has 3 rings (SSSR count). The Morgan fingerprint density at radius 1 is 1.05 bits per heavy atom. The number of para-hydroxylation sites is 1. The van der Waals surface area contributed by atoms with E-state index in [4.69, 9.17) is 12.2 Å². The number of aromatic nitrogens is 1. The number of hydrogen-bond donors (Lipinski definition) is 1. The molecule has 0 bridgehead atoms. The van der Waals surface area contributed by atoms with Crippen molar-refractivity contribution in [2.45, 2.75) is 0 Å². The molecule has 2 nitrogen and oxygen atoms in total. The van der Waals surface area contributed by atoms with Gasteiger partial charge in [0.25, 0.3) is 0 Å². The van der Waals surface area contributed by atoms with Crippen LogP contribution in [0, 0.1) is 10.5 Å². The van der Waals surface area contributed by atoms with E-state index in [1.54, 1.807) is 18.3 Å². The average Bonchev–Trinajstić information content (AvgIpc) is 2.47. The molecule has 0 aliphatic rings. The van der Waals surface area contributed by atoms with Crippen LogP contribution in [0.2, 0.25) is 0 Å². The molecular formula is C16H11FN2S. The summed E-state index contributed by atoms with van der Waals surface area (Å²) >= 11 is 5.31. The maximum absolute atomic E-state index is 12.8. The predicted molar refractivity (Wildman–Crippen MR) is 82.8 cm³/mol. The van der Waals surface area contributed by atoms with Crippen molar-refractivity contribution in [1.29, 1.82) is 0 Å². The first-order valence-corrected chi connectivity index (χ1v) is 6.55. The minimum Gasteiger partial charge on any atom is -0.346 e. The Labute approximate surface area is 120 Å². The van der Waals surface area contributed by atoms with Crippen molar-refractivity contribution >= 4 is 35.0 Å². The van der Waals surface area contributed by atoms with Gasteiger partial charge in [-0.05, 0) is 41.8 Å². The van der Waals surface area contributed by atoms with Gasteiger partial charge in [-0.25, -0.2) is 4.39 Å². The lowest BCUT2D eigenvalue weighted by Gasteiger charge is -2.00. The Hall–Kier alpha value is -2.33. The molecular weight excluding hydrogens is 271 g/mol. The van der Waals surface area contributed by atoms with Crippen LogP contribution in [0.1, 0.15) is 5.56 Å². The van der Waals surface area contributed by atoms with Gasteiger partial charge in [0.2, 0.25) is 0 Å². The molecule has 0 fully saturated rings. The van der Waals surface area contributed by atoms with Crippen molar-refractivity contribution in [2.24, 2.45) is 4.99 Å². The zero-order valence-corrected chi connectivity index (χ0v) is 11.3. The van der Waals surface area contributed by atoms with Gasteiger partial charge in [-0.3, -0.25) is 4.99 Å². The second kappa shape index (κ2) is 5.35. The smallest absolute Gasteiger partial charge is 0.123 e. The standard InChI is InChI=1S/C16H11FN2S/c17-13-5-7-14(8-6-13)18-10-12-9-11-3-1-2-4-15(11)19-16(12)20/h1-10H,(H,19,20). The Kier molecular flexibility index (Phi) is 3.39. The van der Waals surface area contributed by atoms with Crippen LogP contribution in [-0.4, -0.2) is 11.2 Å². The topological polar surface area (TPSA) is 28.1 Å². The molecule has 20 heavy (non-hydrogen) atoms. The lowest BCUT2D eigenvalue weighted by atomic mass is 10.2. The number of nitrogens with zero attached hydrogens (tertiary/aromatic N) is 1. The summed E-state index contributed by atoms with van der Waals surface area (Å²) in [7, 11) is 0. The highest BCUT2D eigenvalue weighted by Gasteiger charge is 1.97. The second-order valence-electron chi connectivity index (χ2n) is 4.38. The maximum Gasteiger partial charge on any atom is 0.123 e. The predicted octanol–water partition coefficient (Wildman–Crippen LogP) is 4.79. The average molecular weight is 282 g/mol. The largest absolute Gasteiger partial charge is 0.346 e. The molecule has 0 radical (unpaired) electrons. The fraction of sp³-hybridized carbons (Fsp3) is 0. The van der Waals surface area contributed by atoms with E-state index >= 15 is 0 Å². The van der Waals surface area contributed by atoms with Crippen LogP contribution in [0.5, 0.6) is 0 Å². The van der Waals surface area contributed by atoms with Gasteiger partial charge in [-0.1, -0.05) is 30.4 Å². The Morgan fingerprint density at radius 3 is 2.60 bits per heavy atom. The van der Waals surface area contributed by atoms with Gasteiger partial charge in [0, 0.05) is 17.3 Å². The van der Waals surface area contributed by atoms with Gasteiger partial charge in [0.1, 0.15) is 10.5 Å². The van der Waals surface area contributed by atoms with E-state index in [1.807, 2.05) is 30.3 Å². The quantitative estimate of drug-likeness (QED) is 0.531. The maximum atomic E-state index is 12.8. The third-order valence-electron chi connectivity index (χ3n) is 2.96. The summed E-state index contributed by atoms with van der Waals surface area (Å²) in [6.45, 7) is 0. The number of pyridine rings is 1. The highest BCUT2D eigenvalue weighted by Crippen LogP contribution is 2.15. The number of benzene rings is 2. The number of rotatable bonds is 2. The molecule has 1 heterocycles. The monoisotopic (exact) mass is 282 g/mol. The highest BCUT2D eigenvalue weighted by atomic mass is 32.1. The summed E-state index contributed by atoms with van der Waals surface area (Å²) in [5.74, 6) is -0.271. The Balaban J connectivity index is 2.00. The number of fused-ring (bicyclic) bond motifs is 1. The number of halogens is 1. The van der Waals surface area contributed by atoms with E-state index in [0.717, 1.165) is 16.5 Å². The van der Waals surface area contributed by atoms with Crippen molar-refractivity contribution in [2.75, 3.05) is 0 Å². The summed E-state index contributed by atoms with van der Waals surface area (Å²) in [5, 5.41) is 1.07. The van der Waals surface area contributed by atoms with Crippen molar-refractivity contribution < 1.29 is 4.39 Å². The van der Waals surface area contributed by atoms with E-state index in [1.165, 1.54) is 12.1 Å². The number of nitrogens with one attached hydrogen (secondary N) is 1. The summed E-state index contributed by atoms with van der Waals surface area (Å²) in [4.78, 5) is 7.47. The number of aromatic amines is 1. The number of H-pyrrole nitrogens is 1. The van der Waals surface area contributed by atoms with Crippen LogP contribution < -0.4 is 0 Å². The molecule has 3 aromatic rings. The molecule has 98 valence electrons. The summed E-state index contributed by atoms with van der Waals surface area (Å²) in [5.41, 5.74) is 2.52. The van der Waals surface area contributed by atoms with E-state index in [0.29, 0.717) is 10.3 Å². The fourth-order valence-corrected chi connectivity index (χ4v) is 2.15. The van der Waals surface area contributed by atoms with Gasteiger partial charge in [-0.15, -0.1) is 0 Å². The van der Waals surface area contributed by atoms with Crippen molar-refractivity contribution in [3.8, 4) is 0 Å². The lowest BCUT2D eigenvalue weighted by molar-refractivity contribution is 0.628. The number of hydrogen-bond acceptors (Lipinski definition) is 2. The van der Waals surface area contributed by atoms with Crippen LogP contribution in [-0.2, 0) is 0 Å². The van der Waals surface area contributed by atoms with E-state index < -0.39 is 0 Å². The van der Waals surface area contributed by atoms with E-state index in [9.17, 15) is 4.39 Å². The number of aliphatic imine (C=N–C) groups is 1. The van der Waals surface area contributed by atoms with Crippen molar-refractivity contribution in [3.63, 3.8) is 0 Å². The fourth-order valence-electron chi connectivity index (χ4n) is 1.93. The van der Waals surface area contributed by atoms with Gasteiger partial charge < -0.3 is 4.98 Å². The Bertz CT molecular complexity index is 835. The molecule has 1 N–H and O–H groups in total. The van der Waals surface area contributed by atoms with E-state index in [-0.39, 0.29) is 5.82 Å². The summed E-state index contributed by atoms with van der Waals surface area (Å²) in [6, 6.07) is 15.9. The van der Waals surface area contributed by atoms with Crippen LogP contribution in [0.3, 0.4) is 0 Å². The second-order valence-corrected chi connectivity index (χ2v) is 4.78. The van der Waals surface area contributed by atoms with Gasteiger partial charge in [-0.2, -0.15) is 0 Å². The minimum atomic E-state index is -0.271. The third kappa shape index (κ3) is 2.65. The van der Waals surface area contributed by atoms with Crippen LogP contribution >= 0.6 is 12.2 Å². The first-order chi connectivity index (χ1) is 9.72. The molecule has 2 aromatic carbocycles. The Morgan fingerprint density at radius 2 is 1.80 bits per heavy atom. The van der Waals surface area contributed by atoms with Crippen LogP contribution in [0.15, 0.2) is 59.6 Å². The van der Waals surface area contributed by atoms with Gasteiger partial charge in [0.15, 0.2) is 0 Å². The summed E-state index contributed by atoms with van der Waals surface area (Å²) < 4.78 is 13.4. The van der Waals surface area contributed by atoms with Gasteiger partial charge >= 0.3 is 0 Å². The molecule has 0 atom stereocenters. The van der Waals surface area contributed by atoms with E-state index in [2.05, 4.69) is 9.98 Å². The van der Waals surface area contributed by atoms with Crippen LogP contribution in [0.25, 0.3) is 10.9 Å². The zero-order valence-electron chi connectivity index (χ0n) is 10.5. The molecule has 0 amide bonds. The molecule has 1 aromatic heterocycles.